The number of rotatable bonds is 4. The summed E-state index contributed by atoms with van der Waals surface area (Å²) < 4.78 is 4.37. The molecule has 3 heteroatoms. The molecule has 0 atom stereocenters. The summed E-state index contributed by atoms with van der Waals surface area (Å²) >= 11 is 0. The molecular formula is C7H10O3. The molecule has 0 heterocycles. The van der Waals surface area contributed by atoms with Crippen molar-refractivity contribution in [3.63, 3.8) is 0 Å². The Morgan fingerprint density at radius 1 is 1.60 bits per heavy atom. The van der Waals surface area contributed by atoms with E-state index in [0.29, 0.717) is 19.1 Å². The molecule has 0 unspecified atom stereocenters. The van der Waals surface area contributed by atoms with Gasteiger partial charge in [0.2, 0.25) is 0 Å². The van der Waals surface area contributed by atoms with Gasteiger partial charge >= 0.3 is 5.97 Å². The van der Waals surface area contributed by atoms with E-state index in [4.69, 9.17) is 0 Å². The van der Waals surface area contributed by atoms with Crippen molar-refractivity contribution < 1.29 is 14.3 Å². The maximum Gasteiger partial charge on any atom is 0.305 e. The molecule has 0 aromatic carbocycles. The van der Waals surface area contributed by atoms with Gasteiger partial charge in [0, 0.05) is 6.42 Å². The molecule has 0 radical (unpaired) electrons. The minimum atomic E-state index is -0.254. The van der Waals surface area contributed by atoms with Gasteiger partial charge in [-0.05, 0) is 12.5 Å². The molecule has 56 valence electrons. The van der Waals surface area contributed by atoms with Crippen molar-refractivity contribution in [2.75, 3.05) is 7.11 Å². The van der Waals surface area contributed by atoms with Gasteiger partial charge < -0.3 is 4.74 Å². The number of ether oxygens (including phenoxy) is 1. The smallest absolute Gasteiger partial charge is 0.305 e. The fourth-order valence-corrected chi connectivity index (χ4v) is 0.455. The zero-order chi connectivity index (χ0) is 7.82. The van der Waals surface area contributed by atoms with Gasteiger partial charge in [0.15, 0.2) is 0 Å². The van der Waals surface area contributed by atoms with Crippen molar-refractivity contribution in [3.05, 3.63) is 12.2 Å². The van der Waals surface area contributed by atoms with Crippen LogP contribution >= 0.6 is 0 Å². The van der Waals surface area contributed by atoms with Crippen molar-refractivity contribution >= 4 is 12.3 Å². The van der Waals surface area contributed by atoms with E-state index in [1.807, 2.05) is 0 Å². The van der Waals surface area contributed by atoms with Gasteiger partial charge in [-0.2, -0.15) is 0 Å². The average molecular weight is 142 g/mol. The standard InChI is InChI=1S/C7H10O3/c1-10-7(9)5-3-2-4-6-8/h2,4,6H,3,5H2,1H3. The Morgan fingerprint density at radius 3 is 2.80 bits per heavy atom. The van der Waals surface area contributed by atoms with Crippen molar-refractivity contribution in [1.29, 1.82) is 0 Å². The molecule has 0 fully saturated rings. The molecular weight excluding hydrogens is 132 g/mol. The van der Waals surface area contributed by atoms with Crippen molar-refractivity contribution in [3.8, 4) is 0 Å². The molecule has 0 aromatic rings. The first-order chi connectivity index (χ1) is 4.81. The highest BCUT2D eigenvalue weighted by Crippen LogP contribution is 1.91. The van der Waals surface area contributed by atoms with E-state index in [1.165, 1.54) is 13.2 Å². The molecule has 0 aromatic heterocycles. The number of hydrogen-bond acceptors (Lipinski definition) is 3. The second-order valence-corrected chi connectivity index (χ2v) is 1.68. The zero-order valence-corrected chi connectivity index (χ0v) is 5.87. The maximum atomic E-state index is 10.4. The highest BCUT2D eigenvalue weighted by molar-refractivity contribution is 5.69. The number of aldehydes is 1. The third-order valence-corrected chi connectivity index (χ3v) is 0.957. The van der Waals surface area contributed by atoms with Crippen LogP contribution in [0.1, 0.15) is 12.8 Å². The van der Waals surface area contributed by atoms with Crippen LogP contribution in [0.2, 0.25) is 0 Å². The van der Waals surface area contributed by atoms with Crippen LogP contribution in [-0.4, -0.2) is 19.4 Å². The van der Waals surface area contributed by atoms with Gasteiger partial charge in [-0.1, -0.05) is 6.08 Å². The lowest BCUT2D eigenvalue weighted by atomic mass is 10.3. The molecule has 0 aliphatic carbocycles. The summed E-state index contributed by atoms with van der Waals surface area (Å²) in [7, 11) is 1.34. The van der Waals surface area contributed by atoms with Crippen molar-refractivity contribution in [2.45, 2.75) is 12.8 Å². The molecule has 0 aliphatic heterocycles. The van der Waals surface area contributed by atoms with Gasteiger partial charge in [-0.3, -0.25) is 9.59 Å². The molecule has 10 heavy (non-hydrogen) atoms. The van der Waals surface area contributed by atoms with Gasteiger partial charge in [-0.25, -0.2) is 0 Å². The molecule has 0 saturated heterocycles. The third-order valence-electron chi connectivity index (χ3n) is 0.957. The minimum absolute atomic E-state index is 0.254. The Kier molecular flexibility index (Phi) is 5.33. The quantitative estimate of drug-likeness (QED) is 0.329. The van der Waals surface area contributed by atoms with E-state index < -0.39 is 0 Å². The summed E-state index contributed by atoms with van der Waals surface area (Å²) in [5.74, 6) is -0.254. The summed E-state index contributed by atoms with van der Waals surface area (Å²) in [5, 5.41) is 0. The van der Waals surface area contributed by atoms with E-state index in [-0.39, 0.29) is 5.97 Å². The predicted molar refractivity (Wildman–Crippen MR) is 36.5 cm³/mol. The summed E-state index contributed by atoms with van der Waals surface area (Å²) in [6, 6.07) is 0. The zero-order valence-electron chi connectivity index (χ0n) is 5.87. The fraction of sp³-hybridized carbons (Fsp3) is 0.429. The summed E-state index contributed by atoms with van der Waals surface area (Å²) in [6.07, 6.45) is 4.57. The second kappa shape index (κ2) is 6.01. The second-order valence-electron chi connectivity index (χ2n) is 1.68. The fourth-order valence-electron chi connectivity index (χ4n) is 0.455. The molecule has 0 aliphatic rings. The molecule has 0 saturated carbocycles. The van der Waals surface area contributed by atoms with Crippen LogP contribution in [0.25, 0.3) is 0 Å². The van der Waals surface area contributed by atoms with E-state index >= 15 is 0 Å². The first-order valence-electron chi connectivity index (χ1n) is 2.98. The van der Waals surface area contributed by atoms with Crippen molar-refractivity contribution in [1.82, 2.24) is 0 Å². The lowest BCUT2D eigenvalue weighted by Crippen LogP contribution is -1.97. The van der Waals surface area contributed by atoms with Gasteiger partial charge in [-0.15, -0.1) is 0 Å². The number of esters is 1. The SMILES string of the molecule is COC(=O)CCC=CC=O. The number of allylic oxidation sites excluding steroid dienone is 2. The summed E-state index contributed by atoms with van der Waals surface area (Å²) in [6.45, 7) is 0. The van der Waals surface area contributed by atoms with E-state index in [2.05, 4.69) is 4.74 Å². The normalized spacial score (nSPS) is 9.70. The number of hydrogen-bond donors (Lipinski definition) is 0. The highest BCUT2D eigenvalue weighted by atomic mass is 16.5. The molecule has 0 rings (SSSR count). The molecule has 3 nitrogen and oxygen atoms in total. The van der Waals surface area contributed by atoms with Crippen LogP contribution in [0.5, 0.6) is 0 Å². The van der Waals surface area contributed by atoms with Gasteiger partial charge in [0.25, 0.3) is 0 Å². The lowest BCUT2D eigenvalue weighted by Gasteiger charge is -1.92. The number of methoxy groups -OCH3 is 1. The Bertz CT molecular complexity index is 138. The Hall–Kier alpha value is -1.12. The first kappa shape index (κ1) is 8.88. The summed E-state index contributed by atoms with van der Waals surface area (Å²) in [5.41, 5.74) is 0. The molecule has 0 N–H and O–H groups in total. The summed E-state index contributed by atoms with van der Waals surface area (Å²) in [4.78, 5) is 20.1. The number of carbonyl (C=O) groups is 2. The van der Waals surface area contributed by atoms with Crippen LogP contribution in [0.4, 0.5) is 0 Å². The molecule has 0 spiro atoms. The monoisotopic (exact) mass is 142 g/mol. The first-order valence-corrected chi connectivity index (χ1v) is 2.98. The van der Waals surface area contributed by atoms with E-state index in [0.717, 1.165) is 0 Å². The van der Waals surface area contributed by atoms with Crippen molar-refractivity contribution in [2.24, 2.45) is 0 Å². The van der Waals surface area contributed by atoms with Crippen LogP contribution < -0.4 is 0 Å². The topological polar surface area (TPSA) is 43.4 Å². The lowest BCUT2D eigenvalue weighted by molar-refractivity contribution is -0.140. The van der Waals surface area contributed by atoms with Crippen LogP contribution in [0, 0.1) is 0 Å². The Morgan fingerprint density at radius 2 is 2.30 bits per heavy atom. The Labute approximate surface area is 59.7 Å². The third kappa shape index (κ3) is 5.03. The Balaban J connectivity index is 3.27. The highest BCUT2D eigenvalue weighted by Gasteiger charge is 1.94. The average Bonchev–Trinajstić information content (AvgIpc) is 1.98. The van der Waals surface area contributed by atoms with E-state index in [1.54, 1.807) is 6.08 Å². The van der Waals surface area contributed by atoms with Crippen LogP contribution in [-0.2, 0) is 14.3 Å². The molecule has 0 bridgehead atoms. The predicted octanol–water partition coefficient (Wildman–Crippen LogP) is 0.695. The number of carbonyl (C=O) groups excluding carboxylic acids is 2. The minimum Gasteiger partial charge on any atom is -0.469 e. The van der Waals surface area contributed by atoms with Crippen LogP contribution in [0.3, 0.4) is 0 Å². The van der Waals surface area contributed by atoms with Crippen LogP contribution in [0.15, 0.2) is 12.2 Å². The largest absolute Gasteiger partial charge is 0.469 e. The van der Waals surface area contributed by atoms with Gasteiger partial charge in [0.05, 0.1) is 7.11 Å². The maximum absolute atomic E-state index is 10.4. The van der Waals surface area contributed by atoms with E-state index in [9.17, 15) is 9.59 Å². The molecule has 0 amide bonds. The van der Waals surface area contributed by atoms with Gasteiger partial charge in [0.1, 0.15) is 6.29 Å².